The molecule has 1 aromatic carbocycles. The Balaban J connectivity index is 1.78. The lowest BCUT2D eigenvalue weighted by Gasteiger charge is -2.39. The van der Waals surface area contributed by atoms with Crippen LogP contribution in [0.5, 0.6) is 0 Å². The minimum absolute atomic E-state index is 0.0636. The molecule has 0 aromatic heterocycles. The molecule has 2 fully saturated rings. The topological polar surface area (TPSA) is 29.5 Å². The van der Waals surface area contributed by atoms with Crippen LogP contribution in [-0.2, 0) is 16.0 Å². The molecule has 2 saturated heterocycles. The fourth-order valence-electron chi connectivity index (χ4n) is 4.84. The van der Waals surface area contributed by atoms with Gasteiger partial charge in [0.25, 0.3) is 0 Å². The van der Waals surface area contributed by atoms with Gasteiger partial charge >= 0.3 is 0 Å². The standard InChI is InChI=1S/C17H17NO2/c1-16-10-12-6-8-17(16,20-12)14-13-5-3-2-4-11(13)7-9-18(14)15(16)19/h2-6,8,12,14H,7,9-10H2,1H3/t12-,14-,16+,17-/m0/s1. The van der Waals surface area contributed by atoms with E-state index in [1.165, 1.54) is 11.1 Å². The van der Waals surface area contributed by atoms with Crippen molar-refractivity contribution in [1.29, 1.82) is 0 Å². The largest absolute Gasteiger partial charge is 0.360 e. The molecule has 4 aliphatic rings. The number of rotatable bonds is 0. The number of hydrogen-bond donors (Lipinski definition) is 0. The summed E-state index contributed by atoms with van der Waals surface area (Å²) >= 11 is 0. The highest BCUT2D eigenvalue weighted by molar-refractivity contribution is 5.90. The van der Waals surface area contributed by atoms with E-state index in [2.05, 4.69) is 48.2 Å². The van der Waals surface area contributed by atoms with Gasteiger partial charge in [-0.1, -0.05) is 36.4 Å². The van der Waals surface area contributed by atoms with E-state index < -0.39 is 5.60 Å². The molecule has 4 aliphatic heterocycles. The van der Waals surface area contributed by atoms with E-state index in [1.807, 2.05) is 0 Å². The summed E-state index contributed by atoms with van der Waals surface area (Å²) in [6.07, 6.45) is 6.23. The number of amides is 1. The minimum atomic E-state index is -0.439. The highest BCUT2D eigenvalue weighted by Gasteiger charge is 2.73. The number of benzene rings is 1. The monoisotopic (exact) mass is 267 g/mol. The predicted molar refractivity (Wildman–Crippen MR) is 74.1 cm³/mol. The van der Waals surface area contributed by atoms with Gasteiger partial charge in [-0.15, -0.1) is 0 Å². The van der Waals surface area contributed by atoms with E-state index in [0.29, 0.717) is 0 Å². The van der Waals surface area contributed by atoms with Crippen LogP contribution in [0, 0.1) is 5.41 Å². The molecule has 2 bridgehead atoms. The van der Waals surface area contributed by atoms with Crippen molar-refractivity contribution in [2.75, 3.05) is 6.54 Å². The molecule has 4 heterocycles. The number of carbonyl (C=O) groups excluding carboxylic acids is 1. The first-order chi connectivity index (χ1) is 9.66. The van der Waals surface area contributed by atoms with Crippen molar-refractivity contribution < 1.29 is 9.53 Å². The smallest absolute Gasteiger partial charge is 0.232 e. The van der Waals surface area contributed by atoms with E-state index in [1.54, 1.807) is 0 Å². The van der Waals surface area contributed by atoms with Gasteiger partial charge < -0.3 is 9.64 Å². The Kier molecular flexibility index (Phi) is 1.76. The minimum Gasteiger partial charge on any atom is -0.360 e. The Hall–Kier alpha value is -1.61. The lowest BCUT2D eigenvalue weighted by atomic mass is 9.68. The first-order valence-corrected chi connectivity index (χ1v) is 7.42. The van der Waals surface area contributed by atoms with Crippen LogP contribution in [0.1, 0.15) is 30.5 Å². The number of nitrogens with zero attached hydrogens (tertiary/aromatic N) is 1. The van der Waals surface area contributed by atoms with E-state index in [-0.39, 0.29) is 23.5 Å². The van der Waals surface area contributed by atoms with Gasteiger partial charge in [0.05, 0.1) is 17.6 Å². The van der Waals surface area contributed by atoms with Gasteiger partial charge in [-0.25, -0.2) is 0 Å². The van der Waals surface area contributed by atoms with Crippen LogP contribution in [0.4, 0.5) is 0 Å². The number of ether oxygens (including phenoxy) is 1. The van der Waals surface area contributed by atoms with Gasteiger partial charge in [0.15, 0.2) is 0 Å². The third-order valence-corrected chi connectivity index (χ3v) is 5.80. The molecule has 1 amide bonds. The third kappa shape index (κ3) is 0.966. The molecule has 0 saturated carbocycles. The van der Waals surface area contributed by atoms with E-state index in [9.17, 15) is 4.79 Å². The van der Waals surface area contributed by atoms with Gasteiger partial charge in [-0.05, 0) is 30.9 Å². The maximum atomic E-state index is 12.9. The van der Waals surface area contributed by atoms with Crippen molar-refractivity contribution in [3.8, 4) is 0 Å². The van der Waals surface area contributed by atoms with Gasteiger partial charge in [0.2, 0.25) is 5.91 Å². The van der Waals surface area contributed by atoms with Crippen LogP contribution in [0.3, 0.4) is 0 Å². The number of fused-ring (bicyclic) bond motifs is 4. The molecule has 0 unspecified atom stereocenters. The first kappa shape index (κ1) is 11.1. The molecule has 0 aliphatic carbocycles. The van der Waals surface area contributed by atoms with Crippen LogP contribution in [0.25, 0.3) is 0 Å². The average Bonchev–Trinajstić information content (AvgIpc) is 3.06. The third-order valence-electron chi connectivity index (χ3n) is 5.80. The molecule has 3 nitrogen and oxygen atoms in total. The van der Waals surface area contributed by atoms with Crippen LogP contribution in [0.2, 0.25) is 0 Å². The molecule has 3 heteroatoms. The van der Waals surface area contributed by atoms with Crippen molar-refractivity contribution >= 4 is 5.91 Å². The molecule has 1 aromatic rings. The van der Waals surface area contributed by atoms with Crippen LogP contribution in [-0.4, -0.2) is 29.1 Å². The molecule has 20 heavy (non-hydrogen) atoms. The Morgan fingerprint density at radius 2 is 2.20 bits per heavy atom. The summed E-state index contributed by atoms with van der Waals surface area (Å²) in [5.41, 5.74) is 1.83. The SMILES string of the molecule is C[C@]12C[C@@H]3C=C[C@]1(O3)[C@@H]1c3ccccc3CCN1C2=O. The van der Waals surface area contributed by atoms with E-state index in [0.717, 1.165) is 19.4 Å². The van der Waals surface area contributed by atoms with E-state index in [4.69, 9.17) is 4.74 Å². The first-order valence-electron chi connectivity index (χ1n) is 7.42. The van der Waals surface area contributed by atoms with Crippen molar-refractivity contribution in [2.45, 2.75) is 37.5 Å². The predicted octanol–water partition coefficient (Wildman–Crippen LogP) is 2.23. The lowest BCUT2D eigenvalue weighted by molar-refractivity contribution is -0.136. The average molecular weight is 267 g/mol. The van der Waals surface area contributed by atoms with Crippen molar-refractivity contribution in [3.63, 3.8) is 0 Å². The molecule has 1 spiro atoms. The summed E-state index contributed by atoms with van der Waals surface area (Å²) < 4.78 is 6.31. The maximum Gasteiger partial charge on any atom is 0.232 e. The maximum absolute atomic E-state index is 12.9. The fraction of sp³-hybridized carbons (Fsp3) is 0.471. The quantitative estimate of drug-likeness (QED) is 0.675. The second-order valence-corrected chi connectivity index (χ2v) is 6.69. The highest BCUT2D eigenvalue weighted by atomic mass is 16.5. The van der Waals surface area contributed by atoms with Crippen LogP contribution < -0.4 is 0 Å². The second-order valence-electron chi connectivity index (χ2n) is 6.69. The zero-order valence-corrected chi connectivity index (χ0v) is 11.5. The highest BCUT2D eigenvalue weighted by Crippen LogP contribution is 2.65. The molecular formula is C17H17NO2. The fourth-order valence-corrected chi connectivity index (χ4v) is 4.84. The number of hydrogen-bond acceptors (Lipinski definition) is 2. The molecule has 102 valence electrons. The molecule has 5 rings (SSSR count). The zero-order chi connectivity index (χ0) is 13.5. The summed E-state index contributed by atoms with van der Waals surface area (Å²) in [5.74, 6) is 0.281. The second kappa shape index (κ2) is 3.17. The van der Waals surface area contributed by atoms with Gasteiger partial charge in [-0.3, -0.25) is 4.79 Å². The summed E-state index contributed by atoms with van der Waals surface area (Å²) in [6.45, 7) is 2.92. The normalized spacial score (nSPS) is 43.6. The molecular weight excluding hydrogens is 250 g/mol. The summed E-state index contributed by atoms with van der Waals surface area (Å²) in [5, 5.41) is 0. The van der Waals surface area contributed by atoms with Crippen molar-refractivity contribution in [2.24, 2.45) is 5.41 Å². The number of carbonyl (C=O) groups is 1. The van der Waals surface area contributed by atoms with Crippen molar-refractivity contribution in [3.05, 3.63) is 47.5 Å². The van der Waals surface area contributed by atoms with Gasteiger partial charge in [-0.2, -0.15) is 0 Å². The van der Waals surface area contributed by atoms with Crippen LogP contribution in [0.15, 0.2) is 36.4 Å². The van der Waals surface area contributed by atoms with Gasteiger partial charge in [0.1, 0.15) is 5.60 Å². The van der Waals surface area contributed by atoms with Crippen LogP contribution >= 0.6 is 0 Å². The van der Waals surface area contributed by atoms with Crippen molar-refractivity contribution in [1.82, 2.24) is 4.90 Å². The summed E-state index contributed by atoms with van der Waals surface area (Å²) in [6, 6.07) is 8.58. The Bertz CT molecular complexity index is 667. The zero-order valence-electron chi connectivity index (χ0n) is 11.5. The lowest BCUT2D eigenvalue weighted by Crippen LogP contribution is -2.43. The Morgan fingerprint density at radius 3 is 3.05 bits per heavy atom. The molecule has 0 radical (unpaired) electrons. The van der Waals surface area contributed by atoms with Gasteiger partial charge in [0, 0.05) is 6.54 Å². The van der Waals surface area contributed by atoms with E-state index >= 15 is 0 Å². The summed E-state index contributed by atoms with van der Waals surface area (Å²) in [7, 11) is 0. The Labute approximate surface area is 118 Å². The molecule has 4 atom stereocenters. The molecule has 0 N–H and O–H groups in total. The summed E-state index contributed by atoms with van der Waals surface area (Å²) in [4.78, 5) is 15.0. The Morgan fingerprint density at radius 1 is 1.35 bits per heavy atom.